The van der Waals surface area contributed by atoms with Crippen LogP contribution >= 0.6 is 0 Å². The summed E-state index contributed by atoms with van der Waals surface area (Å²) in [6, 6.07) is 14.8. The third kappa shape index (κ3) is 2.71. The lowest BCUT2D eigenvalue weighted by atomic mass is 10.0. The molecule has 1 N–H and O–H groups in total. The van der Waals surface area contributed by atoms with Gasteiger partial charge in [-0.05, 0) is 43.3 Å². The molecule has 0 unspecified atom stereocenters. The number of hydrogen-bond donors (Lipinski definition) is 1. The van der Waals surface area contributed by atoms with E-state index in [1.807, 2.05) is 13.1 Å². The lowest BCUT2D eigenvalue weighted by Gasteiger charge is -2.11. The van der Waals surface area contributed by atoms with Crippen molar-refractivity contribution < 1.29 is 4.74 Å². The van der Waals surface area contributed by atoms with Gasteiger partial charge in [0.25, 0.3) is 0 Å². The van der Waals surface area contributed by atoms with Crippen molar-refractivity contribution in [1.82, 2.24) is 5.32 Å². The molecule has 94 valence electrons. The van der Waals surface area contributed by atoms with E-state index in [9.17, 15) is 0 Å². The van der Waals surface area contributed by atoms with Crippen molar-refractivity contribution in [3.05, 3.63) is 53.6 Å². The first-order chi connectivity index (χ1) is 8.74. The van der Waals surface area contributed by atoms with E-state index >= 15 is 0 Å². The van der Waals surface area contributed by atoms with Crippen molar-refractivity contribution in [1.29, 1.82) is 0 Å². The van der Waals surface area contributed by atoms with Crippen LogP contribution in [0.2, 0.25) is 0 Å². The first-order valence-corrected chi connectivity index (χ1v) is 6.13. The standard InChI is InChI=1S/C16H19NO/c1-12-7-8-16(18-3)15(9-12)14-6-4-5-13(10-14)11-17-2/h4-10,17H,11H2,1-3H3. The molecule has 0 aromatic heterocycles. The Hall–Kier alpha value is -1.80. The minimum atomic E-state index is 0.877. The molecule has 0 bridgehead atoms. The van der Waals surface area contributed by atoms with Gasteiger partial charge in [-0.1, -0.05) is 29.8 Å². The molecule has 0 aliphatic rings. The Labute approximate surface area is 109 Å². The molecule has 0 spiro atoms. The van der Waals surface area contributed by atoms with Crippen LogP contribution in [-0.2, 0) is 6.54 Å². The summed E-state index contributed by atoms with van der Waals surface area (Å²) in [5, 5.41) is 3.17. The van der Waals surface area contributed by atoms with Gasteiger partial charge in [0.2, 0.25) is 0 Å². The van der Waals surface area contributed by atoms with Crippen molar-refractivity contribution >= 4 is 0 Å². The molecular formula is C16H19NO. The van der Waals surface area contributed by atoms with Crippen LogP contribution in [0.4, 0.5) is 0 Å². The lowest BCUT2D eigenvalue weighted by Crippen LogP contribution is -2.04. The zero-order chi connectivity index (χ0) is 13.0. The molecule has 0 atom stereocenters. The number of benzene rings is 2. The smallest absolute Gasteiger partial charge is 0.126 e. The second-order valence-electron chi connectivity index (χ2n) is 4.43. The lowest BCUT2D eigenvalue weighted by molar-refractivity contribution is 0.416. The summed E-state index contributed by atoms with van der Waals surface area (Å²) < 4.78 is 5.44. The number of rotatable bonds is 4. The van der Waals surface area contributed by atoms with E-state index in [0.29, 0.717) is 0 Å². The average molecular weight is 241 g/mol. The summed E-state index contributed by atoms with van der Waals surface area (Å²) in [4.78, 5) is 0. The van der Waals surface area contributed by atoms with E-state index < -0.39 is 0 Å². The predicted molar refractivity (Wildman–Crippen MR) is 75.9 cm³/mol. The van der Waals surface area contributed by atoms with Crippen molar-refractivity contribution in [3.63, 3.8) is 0 Å². The van der Waals surface area contributed by atoms with Gasteiger partial charge in [-0.2, -0.15) is 0 Å². The Kier molecular flexibility index (Phi) is 4.00. The molecule has 0 amide bonds. The molecule has 0 fully saturated rings. The summed E-state index contributed by atoms with van der Waals surface area (Å²) in [6.45, 7) is 2.97. The largest absolute Gasteiger partial charge is 0.496 e. The highest BCUT2D eigenvalue weighted by molar-refractivity contribution is 5.71. The van der Waals surface area contributed by atoms with Gasteiger partial charge in [-0.15, -0.1) is 0 Å². The Bertz CT molecular complexity index is 534. The highest BCUT2D eigenvalue weighted by Gasteiger charge is 2.06. The fraction of sp³-hybridized carbons (Fsp3) is 0.250. The van der Waals surface area contributed by atoms with Crippen LogP contribution in [0.5, 0.6) is 5.75 Å². The normalized spacial score (nSPS) is 10.4. The van der Waals surface area contributed by atoms with Crippen LogP contribution in [0.15, 0.2) is 42.5 Å². The molecule has 0 saturated heterocycles. The van der Waals surface area contributed by atoms with Crippen molar-refractivity contribution in [3.8, 4) is 16.9 Å². The topological polar surface area (TPSA) is 21.3 Å². The van der Waals surface area contributed by atoms with E-state index in [1.165, 1.54) is 16.7 Å². The average Bonchev–Trinajstić information content (AvgIpc) is 2.39. The van der Waals surface area contributed by atoms with Gasteiger partial charge in [0.05, 0.1) is 7.11 Å². The Morgan fingerprint density at radius 1 is 1.11 bits per heavy atom. The maximum absolute atomic E-state index is 5.44. The SMILES string of the molecule is CNCc1cccc(-c2cc(C)ccc2OC)c1. The Morgan fingerprint density at radius 3 is 2.67 bits per heavy atom. The molecule has 2 nitrogen and oxygen atoms in total. The van der Waals surface area contributed by atoms with E-state index in [2.05, 4.69) is 48.6 Å². The first-order valence-electron chi connectivity index (χ1n) is 6.13. The van der Waals surface area contributed by atoms with Gasteiger partial charge in [0, 0.05) is 12.1 Å². The molecule has 18 heavy (non-hydrogen) atoms. The van der Waals surface area contributed by atoms with Gasteiger partial charge < -0.3 is 10.1 Å². The summed E-state index contributed by atoms with van der Waals surface area (Å²) in [7, 11) is 3.67. The van der Waals surface area contributed by atoms with Crippen LogP contribution in [0.3, 0.4) is 0 Å². The fourth-order valence-electron chi connectivity index (χ4n) is 2.10. The number of methoxy groups -OCH3 is 1. The maximum atomic E-state index is 5.44. The van der Waals surface area contributed by atoms with Crippen LogP contribution in [0.25, 0.3) is 11.1 Å². The highest BCUT2D eigenvalue weighted by atomic mass is 16.5. The molecular weight excluding hydrogens is 222 g/mol. The third-order valence-electron chi connectivity index (χ3n) is 2.97. The highest BCUT2D eigenvalue weighted by Crippen LogP contribution is 2.31. The zero-order valence-corrected chi connectivity index (χ0v) is 11.2. The van der Waals surface area contributed by atoms with Gasteiger partial charge in [-0.25, -0.2) is 0 Å². The van der Waals surface area contributed by atoms with Gasteiger partial charge >= 0.3 is 0 Å². The quantitative estimate of drug-likeness (QED) is 0.886. The fourth-order valence-corrected chi connectivity index (χ4v) is 2.10. The summed E-state index contributed by atoms with van der Waals surface area (Å²) in [5.74, 6) is 0.919. The number of hydrogen-bond acceptors (Lipinski definition) is 2. The minimum Gasteiger partial charge on any atom is -0.496 e. The van der Waals surface area contributed by atoms with Gasteiger partial charge in [-0.3, -0.25) is 0 Å². The van der Waals surface area contributed by atoms with E-state index in [1.54, 1.807) is 7.11 Å². The second-order valence-corrected chi connectivity index (χ2v) is 4.43. The summed E-state index contributed by atoms with van der Waals surface area (Å²) >= 11 is 0. The second kappa shape index (κ2) is 5.69. The number of aryl methyl sites for hydroxylation is 1. The third-order valence-corrected chi connectivity index (χ3v) is 2.97. The molecule has 0 saturated carbocycles. The molecule has 2 aromatic rings. The molecule has 2 heteroatoms. The van der Waals surface area contributed by atoms with Crippen LogP contribution in [0, 0.1) is 6.92 Å². The predicted octanol–water partition coefficient (Wildman–Crippen LogP) is 3.39. The van der Waals surface area contributed by atoms with E-state index in [4.69, 9.17) is 4.74 Å². The maximum Gasteiger partial charge on any atom is 0.126 e. The molecule has 0 aliphatic carbocycles. The Morgan fingerprint density at radius 2 is 1.94 bits per heavy atom. The van der Waals surface area contributed by atoms with Crippen molar-refractivity contribution in [2.75, 3.05) is 14.2 Å². The monoisotopic (exact) mass is 241 g/mol. The van der Waals surface area contributed by atoms with Crippen molar-refractivity contribution in [2.24, 2.45) is 0 Å². The summed E-state index contributed by atoms with van der Waals surface area (Å²) in [6.07, 6.45) is 0. The van der Waals surface area contributed by atoms with Crippen LogP contribution in [0.1, 0.15) is 11.1 Å². The molecule has 0 heterocycles. The van der Waals surface area contributed by atoms with Gasteiger partial charge in [0.1, 0.15) is 5.75 Å². The number of nitrogens with one attached hydrogen (secondary N) is 1. The van der Waals surface area contributed by atoms with Crippen LogP contribution in [-0.4, -0.2) is 14.2 Å². The molecule has 0 radical (unpaired) electrons. The molecule has 2 rings (SSSR count). The Balaban J connectivity index is 2.47. The molecule has 0 aliphatic heterocycles. The first kappa shape index (κ1) is 12.7. The zero-order valence-electron chi connectivity index (χ0n) is 11.2. The van der Waals surface area contributed by atoms with Crippen LogP contribution < -0.4 is 10.1 Å². The van der Waals surface area contributed by atoms with E-state index in [0.717, 1.165) is 17.9 Å². The van der Waals surface area contributed by atoms with Gasteiger partial charge in [0.15, 0.2) is 0 Å². The minimum absolute atomic E-state index is 0.877. The number of ether oxygens (including phenoxy) is 1. The van der Waals surface area contributed by atoms with Crippen molar-refractivity contribution in [2.45, 2.75) is 13.5 Å². The molecule has 2 aromatic carbocycles. The summed E-state index contributed by atoms with van der Waals surface area (Å²) in [5.41, 5.74) is 4.86. The van der Waals surface area contributed by atoms with E-state index in [-0.39, 0.29) is 0 Å².